The van der Waals surface area contributed by atoms with Gasteiger partial charge in [-0.2, -0.15) is 0 Å². The second-order valence-corrected chi connectivity index (χ2v) is 5.95. The molecule has 2 amide bonds. The van der Waals surface area contributed by atoms with Crippen LogP contribution in [0.2, 0.25) is 0 Å². The maximum Gasteiger partial charge on any atom is 0.337 e. The number of carboxylic acid groups (broad SMARTS) is 1. The average Bonchev–Trinajstić information content (AvgIpc) is 2.49. The fraction of sp³-hybridized carbons (Fsp3) is 0.429. The van der Waals surface area contributed by atoms with Gasteiger partial charge in [0.05, 0.1) is 11.3 Å². The predicted molar refractivity (Wildman–Crippen MR) is 81.5 cm³/mol. The lowest BCUT2D eigenvalue weighted by molar-refractivity contribution is 0.0698. The van der Waals surface area contributed by atoms with Crippen molar-refractivity contribution in [3.63, 3.8) is 0 Å². The molecule has 6 nitrogen and oxygen atoms in total. The SMILES string of the molecule is O=C(O)c1cc(Br)ccc1NC(=O)N1CCC(CO)CC1. The summed E-state index contributed by atoms with van der Waals surface area (Å²) in [6.45, 7) is 1.28. The number of nitrogens with zero attached hydrogens (tertiary/aromatic N) is 1. The van der Waals surface area contributed by atoms with Crippen LogP contribution in [0, 0.1) is 5.92 Å². The van der Waals surface area contributed by atoms with Crippen LogP contribution in [-0.4, -0.2) is 46.8 Å². The van der Waals surface area contributed by atoms with Gasteiger partial charge in [0.25, 0.3) is 0 Å². The van der Waals surface area contributed by atoms with E-state index in [1.165, 1.54) is 6.07 Å². The Morgan fingerprint density at radius 2 is 2.00 bits per heavy atom. The third-order valence-electron chi connectivity index (χ3n) is 3.61. The summed E-state index contributed by atoms with van der Waals surface area (Å²) in [5, 5.41) is 20.9. The number of carboxylic acids is 1. The molecule has 7 heteroatoms. The summed E-state index contributed by atoms with van der Waals surface area (Å²) in [5.41, 5.74) is 0.322. The topological polar surface area (TPSA) is 89.9 Å². The first-order valence-corrected chi connectivity index (χ1v) is 7.50. The van der Waals surface area contributed by atoms with Crippen molar-refractivity contribution in [1.82, 2.24) is 4.90 Å². The van der Waals surface area contributed by atoms with Crippen molar-refractivity contribution in [1.29, 1.82) is 0 Å². The quantitative estimate of drug-likeness (QED) is 0.775. The summed E-state index contributed by atoms with van der Waals surface area (Å²) >= 11 is 3.21. The highest BCUT2D eigenvalue weighted by atomic mass is 79.9. The van der Waals surface area contributed by atoms with Gasteiger partial charge in [-0.05, 0) is 37.0 Å². The first-order valence-electron chi connectivity index (χ1n) is 6.71. The molecule has 0 aromatic heterocycles. The molecule has 0 spiro atoms. The third-order valence-corrected chi connectivity index (χ3v) is 4.11. The lowest BCUT2D eigenvalue weighted by Crippen LogP contribution is -2.41. The number of anilines is 1. The number of carbonyl (C=O) groups is 2. The summed E-state index contributed by atoms with van der Waals surface area (Å²) < 4.78 is 0.640. The van der Waals surface area contributed by atoms with Crippen molar-refractivity contribution in [3.8, 4) is 0 Å². The van der Waals surface area contributed by atoms with Crippen LogP contribution >= 0.6 is 15.9 Å². The molecule has 0 radical (unpaired) electrons. The number of hydrogen-bond acceptors (Lipinski definition) is 3. The van der Waals surface area contributed by atoms with E-state index in [2.05, 4.69) is 21.2 Å². The van der Waals surface area contributed by atoms with Gasteiger partial charge in [-0.15, -0.1) is 0 Å². The van der Waals surface area contributed by atoms with Crippen LogP contribution in [0.15, 0.2) is 22.7 Å². The lowest BCUT2D eigenvalue weighted by atomic mass is 9.98. The number of rotatable bonds is 3. The molecule has 0 bridgehead atoms. The number of urea groups is 1. The Morgan fingerprint density at radius 1 is 1.33 bits per heavy atom. The van der Waals surface area contributed by atoms with Gasteiger partial charge >= 0.3 is 12.0 Å². The maximum absolute atomic E-state index is 12.2. The normalized spacial score (nSPS) is 15.8. The molecule has 0 aliphatic carbocycles. The Hall–Kier alpha value is -1.60. The standard InChI is InChI=1S/C14H17BrN2O4/c15-10-1-2-12(11(7-10)13(19)20)16-14(21)17-5-3-9(8-18)4-6-17/h1-2,7,9,18H,3-6,8H2,(H,16,21)(H,19,20). The zero-order valence-electron chi connectivity index (χ0n) is 11.4. The summed E-state index contributed by atoms with van der Waals surface area (Å²) in [6.07, 6.45) is 1.52. The number of piperidine rings is 1. The second kappa shape index (κ2) is 6.91. The molecule has 1 aromatic carbocycles. The van der Waals surface area contributed by atoms with Gasteiger partial charge in [-0.25, -0.2) is 9.59 Å². The summed E-state index contributed by atoms with van der Waals surface area (Å²) in [5.74, 6) is -0.845. The van der Waals surface area contributed by atoms with Crippen LogP contribution in [0.3, 0.4) is 0 Å². The van der Waals surface area contributed by atoms with Crippen molar-refractivity contribution in [3.05, 3.63) is 28.2 Å². The number of amides is 2. The molecule has 1 saturated heterocycles. The molecular weight excluding hydrogens is 340 g/mol. The number of carbonyl (C=O) groups excluding carboxylic acids is 1. The minimum Gasteiger partial charge on any atom is -0.478 e. The molecule has 3 N–H and O–H groups in total. The number of benzene rings is 1. The van der Waals surface area contributed by atoms with E-state index in [4.69, 9.17) is 10.2 Å². The van der Waals surface area contributed by atoms with E-state index in [9.17, 15) is 9.59 Å². The largest absolute Gasteiger partial charge is 0.478 e. The predicted octanol–water partition coefficient (Wildman–Crippen LogP) is 2.38. The van der Waals surface area contributed by atoms with Gasteiger partial charge in [0.1, 0.15) is 0 Å². The minimum absolute atomic E-state index is 0.0444. The Morgan fingerprint density at radius 3 is 2.57 bits per heavy atom. The van der Waals surface area contributed by atoms with Gasteiger partial charge < -0.3 is 20.4 Å². The minimum atomic E-state index is -1.09. The zero-order valence-corrected chi connectivity index (χ0v) is 13.0. The number of aliphatic hydroxyl groups is 1. The Bertz CT molecular complexity index is 542. The molecule has 1 fully saturated rings. The Kier molecular flexibility index (Phi) is 5.19. The van der Waals surface area contributed by atoms with E-state index in [1.54, 1.807) is 17.0 Å². The van der Waals surface area contributed by atoms with Crippen molar-refractivity contribution >= 4 is 33.6 Å². The van der Waals surface area contributed by atoms with Gasteiger partial charge in [0, 0.05) is 24.2 Å². The van der Waals surface area contributed by atoms with E-state index in [0.29, 0.717) is 17.6 Å². The van der Waals surface area contributed by atoms with Crippen molar-refractivity contribution in [2.45, 2.75) is 12.8 Å². The first kappa shape index (κ1) is 15.8. The smallest absolute Gasteiger partial charge is 0.337 e. The fourth-order valence-corrected chi connectivity index (χ4v) is 2.68. The number of hydrogen-bond donors (Lipinski definition) is 3. The van der Waals surface area contributed by atoms with Crippen LogP contribution in [0.1, 0.15) is 23.2 Å². The number of aliphatic hydroxyl groups excluding tert-OH is 1. The molecular formula is C14H17BrN2O4. The van der Waals surface area contributed by atoms with Gasteiger partial charge in [0.2, 0.25) is 0 Å². The van der Waals surface area contributed by atoms with Crippen LogP contribution < -0.4 is 5.32 Å². The molecule has 2 rings (SSSR count). The number of aromatic carboxylic acids is 1. The van der Waals surface area contributed by atoms with E-state index in [1.807, 2.05) is 0 Å². The van der Waals surface area contributed by atoms with Gasteiger partial charge in [-0.3, -0.25) is 0 Å². The first-order chi connectivity index (χ1) is 10.0. The number of halogens is 1. The van der Waals surface area contributed by atoms with Crippen LogP contribution in [0.5, 0.6) is 0 Å². The van der Waals surface area contributed by atoms with Crippen molar-refractivity contribution in [2.75, 3.05) is 25.0 Å². The van der Waals surface area contributed by atoms with E-state index in [-0.39, 0.29) is 29.8 Å². The molecule has 0 unspecified atom stereocenters. The average molecular weight is 357 g/mol. The molecule has 1 aliphatic heterocycles. The highest BCUT2D eigenvalue weighted by Gasteiger charge is 2.23. The Balaban J connectivity index is 2.05. The number of likely N-dealkylation sites (tertiary alicyclic amines) is 1. The molecule has 114 valence electrons. The molecule has 1 aromatic rings. The molecule has 0 saturated carbocycles. The van der Waals surface area contributed by atoms with Crippen molar-refractivity contribution < 1.29 is 19.8 Å². The molecule has 0 atom stereocenters. The number of nitrogens with one attached hydrogen (secondary N) is 1. The molecule has 1 aliphatic rings. The monoisotopic (exact) mass is 356 g/mol. The van der Waals surface area contributed by atoms with E-state index in [0.717, 1.165) is 12.8 Å². The van der Waals surface area contributed by atoms with Gasteiger partial charge in [-0.1, -0.05) is 15.9 Å². The van der Waals surface area contributed by atoms with Gasteiger partial charge in [0.15, 0.2) is 0 Å². The van der Waals surface area contributed by atoms with E-state index >= 15 is 0 Å². The van der Waals surface area contributed by atoms with Crippen LogP contribution in [0.4, 0.5) is 10.5 Å². The third kappa shape index (κ3) is 3.95. The summed E-state index contributed by atoms with van der Waals surface area (Å²) in [7, 11) is 0. The molecule has 21 heavy (non-hydrogen) atoms. The van der Waals surface area contributed by atoms with E-state index < -0.39 is 5.97 Å². The second-order valence-electron chi connectivity index (χ2n) is 5.04. The molecule has 1 heterocycles. The highest BCUT2D eigenvalue weighted by Crippen LogP contribution is 2.23. The van der Waals surface area contributed by atoms with Crippen LogP contribution in [-0.2, 0) is 0 Å². The van der Waals surface area contributed by atoms with Crippen molar-refractivity contribution in [2.24, 2.45) is 5.92 Å². The Labute approximate surface area is 130 Å². The zero-order chi connectivity index (χ0) is 15.4. The lowest BCUT2D eigenvalue weighted by Gasteiger charge is -2.31. The highest BCUT2D eigenvalue weighted by molar-refractivity contribution is 9.10. The fourth-order valence-electron chi connectivity index (χ4n) is 2.32. The summed E-state index contributed by atoms with van der Waals surface area (Å²) in [4.78, 5) is 25.0. The summed E-state index contributed by atoms with van der Waals surface area (Å²) in [6, 6.07) is 4.39. The van der Waals surface area contributed by atoms with Crippen LogP contribution in [0.25, 0.3) is 0 Å². The maximum atomic E-state index is 12.2.